The summed E-state index contributed by atoms with van der Waals surface area (Å²) in [7, 11) is 0. The van der Waals surface area contributed by atoms with E-state index >= 15 is 0 Å². The van der Waals surface area contributed by atoms with Crippen LogP contribution in [0.15, 0.2) is 64.4 Å². The molecule has 190 valence electrons. The molecule has 0 aliphatic carbocycles. The van der Waals surface area contributed by atoms with Crippen LogP contribution in [0.5, 0.6) is 0 Å². The predicted molar refractivity (Wildman–Crippen MR) is 113 cm³/mol. The summed E-state index contributed by atoms with van der Waals surface area (Å²) < 4.78 is 88.7. The summed E-state index contributed by atoms with van der Waals surface area (Å²) in [5, 5.41) is 11.1. The van der Waals surface area contributed by atoms with Gasteiger partial charge in [0, 0.05) is 11.1 Å². The minimum atomic E-state index is -4.55. The van der Waals surface area contributed by atoms with Crippen LogP contribution in [-0.4, -0.2) is 21.3 Å². The molecular weight excluding hydrogens is 494 g/mol. The highest BCUT2D eigenvalue weighted by atomic mass is 19.4. The van der Waals surface area contributed by atoms with Crippen LogP contribution in [0, 0.1) is 6.92 Å². The van der Waals surface area contributed by atoms with Crippen molar-refractivity contribution in [3.8, 4) is 11.5 Å². The Bertz CT molecular complexity index is 1290. The first kappa shape index (κ1) is 25.3. The van der Waals surface area contributed by atoms with E-state index in [0.29, 0.717) is 6.29 Å². The number of halogens is 6. The molecule has 2 aromatic carbocycles. The van der Waals surface area contributed by atoms with E-state index in [1.807, 2.05) is 0 Å². The lowest BCUT2D eigenvalue weighted by Crippen LogP contribution is -2.28. The molecule has 0 spiro atoms. The molecule has 0 radical (unpaired) electrons. The van der Waals surface area contributed by atoms with Crippen LogP contribution in [0.2, 0.25) is 0 Å². The second-order valence-corrected chi connectivity index (χ2v) is 7.98. The molecule has 1 aliphatic rings. The minimum absolute atomic E-state index is 0.0567. The highest BCUT2D eigenvalue weighted by Crippen LogP contribution is 2.43. The Kier molecular flexibility index (Phi) is 6.33. The number of aryl methyl sites for hydroxylation is 1. The standard InChI is InChI=1S/C24H18F6N2O4/c1-12-19(36-20(31-12)14-3-7-16(8-4-14)23(25,26)27)21(34)32-13(2)18(11-33)35-22(32)15-5-9-17(10-6-15)24(28,29)30/h3-11,21-22,34H,1-2H3. The van der Waals surface area contributed by atoms with Crippen molar-refractivity contribution in [2.24, 2.45) is 0 Å². The number of hydrogen-bond donors (Lipinski definition) is 1. The third kappa shape index (κ3) is 4.68. The van der Waals surface area contributed by atoms with Crippen molar-refractivity contribution in [1.82, 2.24) is 9.88 Å². The summed E-state index contributed by atoms with van der Waals surface area (Å²) in [6.45, 7) is 2.97. The summed E-state index contributed by atoms with van der Waals surface area (Å²) in [6, 6.07) is 8.09. The van der Waals surface area contributed by atoms with Crippen LogP contribution in [0.4, 0.5) is 26.3 Å². The van der Waals surface area contributed by atoms with Crippen molar-refractivity contribution in [2.45, 2.75) is 38.7 Å². The first-order valence-corrected chi connectivity index (χ1v) is 10.4. The zero-order valence-corrected chi connectivity index (χ0v) is 18.7. The van der Waals surface area contributed by atoms with E-state index in [-0.39, 0.29) is 39.9 Å². The van der Waals surface area contributed by atoms with Crippen molar-refractivity contribution in [3.05, 3.63) is 88.1 Å². The summed E-state index contributed by atoms with van der Waals surface area (Å²) in [4.78, 5) is 16.9. The van der Waals surface area contributed by atoms with Gasteiger partial charge >= 0.3 is 12.4 Å². The number of benzene rings is 2. The number of rotatable bonds is 5. The number of nitrogens with zero attached hydrogens (tertiary/aromatic N) is 2. The van der Waals surface area contributed by atoms with E-state index in [1.54, 1.807) is 0 Å². The molecule has 0 saturated heterocycles. The van der Waals surface area contributed by atoms with Gasteiger partial charge in [-0.15, -0.1) is 0 Å². The van der Waals surface area contributed by atoms with Gasteiger partial charge in [-0.05, 0) is 50.2 Å². The normalized spacial score (nSPS) is 17.4. The number of aliphatic hydroxyl groups excluding tert-OH is 1. The van der Waals surface area contributed by atoms with E-state index < -0.39 is 35.9 Å². The average Bonchev–Trinajstić information content (AvgIpc) is 3.37. The smallest absolute Gasteiger partial charge is 0.416 e. The Labute approximate surface area is 200 Å². The maximum absolute atomic E-state index is 13.0. The van der Waals surface area contributed by atoms with Crippen LogP contribution in [0.3, 0.4) is 0 Å². The first-order valence-electron chi connectivity index (χ1n) is 10.4. The second kappa shape index (κ2) is 9.01. The van der Waals surface area contributed by atoms with Gasteiger partial charge in [-0.2, -0.15) is 26.3 Å². The van der Waals surface area contributed by atoms with E-state index in [4.69, 9.17) is 9.15 Å². The number of carbonyl (C=O) groups is 1. The second-order valence-electron chi connectivity index (χ2n) is 7.98. The molecule has 1 aromatic heterocycles. The summed E-state index contributed by atoms with van der Waals surface area (Å²) in [6.07, 6.45) is -11.4. The first-order chi connectivity index (χ1) is 16.8. The molecule has 6 nitrogen and oxygen atoms in total. The fraction of sp³-hybridized carbons (Fsp3) is 0.250. The summed E-state index contributed by atoms with van der Waals surface area (Å²) in [5.41, 5.74) is -0.902. The number of allylic oxidation sites excluding steroid dienone is 2. The SMILES string of the molecule is CC1=C(C=O)OC(c2ccc(C(F)(F)F)cc2)N1C(O)c1oc(-c2ccc(C(F)(F)F)cc2)nc1C. The largest absolute Gasteiger partial charge is 0.461 e. The van der Waals surface area contributed by atoms with Crippen LogP contribution >= 0.6 is 0 Å². The van der Waals surface area contributed by atoms with Crippen molar-refractivity contribution < 1.29 is 45.4 Å². The molecule has 0 amide bonds. The molecular formula is C24H18F6N2O4. The van der Waals surface area contributed by atoms with Gasteiger partial charge in [0.1, 0.15) is 0 Å². The summed E-state index contributed by atoms with van der Waals surface area (Å²) >= 11 is 0. The summed E-state index contributed by atoms with van der Waals surface area (Å²) in [5.74, 6) is -0.283. The fourth-order valence-corrected chi connectivity index (χ4v) is 3.75. The zero-order chi connectivity index (χ0) is 26.4. The van der Waals surface area contributed by atoms with Gasteiger partial charge in [0.2, 0.25) is 12.1 Å². The average molecular weight is 512 g/mol. The van der Waals surface area contributed by atoms with Crippen molar-refractivity contribution in [3.63, 3.8) is 0 Å². The van der Waals surface area contributed by atoms with Crippen molar-refractivity contribution >= 4 is 6.29 Å². The van der Waals surface area contributed by atoms with Gasteiger partial charge in [-0.25, -0.2) is 4.98 Å². The number of aliphatic hydroxyl groups is 1. The quantitative estimate of drug-likeness (QED) is 0.327. The van der Waals surface area contributed by atoms with Crippen LogP contribution in [-0.2, 0) is 21.9 Å². The maximum atomic E-state index is 13.0. The number of aromatic nitrogens is 1. The Balaban J connectivity index is 1.67. The van der Waals surface area contributed by atoms with Gasteiger partial charge in [0.15, 0.2) is 24.0 Å². The Morgan fingerprint density at radius 2 is 1.47 bits per heavy atom. The Hall–Kier alpha value is -3.80. The zero-order valence-electron chi connectivity index (χ0n) is 18.7. The molecule has 0 bridgehead atoms. The monoisotopic (exact) mass is 512 g/mol. The maximum Gasteiger partial charge on any atom is 0.416 e. The number of ether oxygens (including phenoxy) is 1. The van der Waals surface area contributed by atoms with Crippen LogP contribution in [0.25, 0.3) is 11.5 Å². The van der Waals surface area contributed by atoms with E-state index in [9.17, 15) is 36.2 Å². The number of alkyl halides is 6. The molecule has 36 heavy (non-hydrogen) atoms. The third-order valence-corrected chi connectivity index (χ3v) is 5.65. The molecule has 2 unspecified atom stereocenters. The van der Waals surface area contributed by atoms with Crippen molar-refractivity contribution in [1.29, 1.82) is 0 Å². The van der Waals surface area contributed by atoms with Gasteiger partial charge in [0.05, 0.1) is 22.5 Å². The van der Waals surface area contributed by atoms with Gasteiger partial charge < -0.3 is 19.2 Å². The number of hydrogen-bond acceptors (Lipinski definition) is 6. The van der Waals surface area contributed by atoms with Gasteiger partial charge in [0.25, 0.3) is 0 Å². The van der Waals surface area contributed by atoms with E-state index in [0.717, 1.165) is 36.4 Å². The van der Waals surface area contributed by atoms with Crippen LogP contribution < -0.4 is 0 Å². The molecule has 0 saturated carbocycles. The lowest BCUT2D eigenvalue weighted by Gasteiger charge is -2.30. The highest BCUT2D eigenvalue weighted by Gasteiger charge is 2.40. The topological polar surface area (TPSA) is 75.8 Å². The molecule has 4 rings (SSSR count). The molecule has 1 aliphatic heterocycles. The highest BCUT2D eigenvalue weighted by molar-refractivity contribution is 5.72. The Morgan fingerprint density at radius 3 is 1.97 bits per heavy atom. The van der Waals surface area contributed by atoms with E-state index in [2.05, 4.69) is 4.98 Å². The number of carbonyl (C=O) groups excluding carboxylic acids is 1. The molecule has 3 aromatic rings. The van der Waals surface area contributed by atoms with E-state index in [1.165, 1.54) is 30.9 Å². The molecule has 1 N–H and O–H groups in total. The minimum Gasteiger partial charge on any atom is -0.461 e. The fourth-order valence-electron chi connectivity index (χ4n) is 3.75. The van der Waals surface area contributed by atoms with Crippen molar-refractivity contribution in [2.75, 3.05) is 0 Å². The van der Waals surface area contributed by atoms with Crippen LogP contribution in [0.1, 0.15) is 47.5 Å². The van der Waals surface area contributed by atoms with Gasteiger partial charge in [-0.3, -0.25) is 4.79 Å². The predicted octanol–water partition coefficient (Wildman–Crippen LogP) is 6.14. The number of aldehydes is 1. The molecule has 2 heterocycles. The third-order valence-electron chi connectivity index (χ3n) is 5.65. The molecule has 12 heteroatoms. The molecule has 2 atom stereocenters. The Morgan fingerprint density at radius 1 is 0.944 bits per heavy atom. The lowest BCUT2D eigenvalue weighted by molar-refractivity contribution is -0.138. The number of oxazole rings is 1. The molecule has 0 fully saturated rings. The van der Waals surface area contributed by atoms with Gasteiger partial charge in [-0.1, -0.05) is 12.1 Å². The lowest BCUT2D eigenvalue weighted by atomic mass is 10.1.